The maximum absolute atomic E-state index is 6.69. The number of nitrogens with zero attached hydrogens (tertiary/aromatic N) is 2. The van der Waals surface area contributed by atoms with Gasteiger partial charge in [0.05, 0.1) is 22.1 Å². The minimum atomic E-state index is 0.856. The Balaban J connectivity index is 1.02. The molecule has 0 aliphatic rings. The molecule has 0 saturated heterocycles. The van der Waals surface area contributed by atoms with Gasteiger partial charge in [-0.2, -0.15) is 0 Å². The number of fused-ring (bicyclic) bond motifs is 12. The highest BCUT2D eigenvalue weighted by atomic mass is 16.3. The summed E-state index contributed by atoms with van der Waals surface area (Å²) in [6.45, 7) is 0. The number of hydrogen-bond donors (Lipinski definition) is 0. The summed E-state index contributed by atoms with van der Waals surface area (Å²) in [4.78, 5) is 2.41. The van der Waals surface area contributed by atoms with Crippen molar-refractivity contribution in [1.82, 2.24) is 4.57 Å². The van der Waals surface area contributed by atoms with Crippen molar-refractivity contribution in [3.8, 4) is 16.8 Å². The van der Waals surface area contributed by atoms with Gasteiger partial charge in [0.1, 0.15) is 11.2 Å². The first-order valence-corrected chi connectivity index (χ1v) is 20.9. The van der Waals surface area contributed by atoms with Crippen molar-refractivity contribution < 1.29 is 4.42 Å². The maximum atomic E-state index is 6.69. The lowest BCUT2D eigenvalue weighted by Gasteiger charge is -2.27. The Morgan fingerprint density at radius 3 is 1.59 bits per heavy atom. The lowest BCUT2D eigenvalue weighted by atomic mass is 9.98. The number of anilines is 3. The van der Waals surface area contributed by atoms with Crippen LogP contribution in [0.1, 0.15) is 0 Å². The molecule has 2 aromatic heterocycles. The quantitative estimate of drug-likeness (QED) is 0.162. The highest BCUT2D eigenvalue weighted by Gasteiger charge is 2.21. The first kappa shape index (κ1) is 33.8. The molecular weight excluding hydrogens is 741 g/mol. The number of aromatic nitrogens is 1. The first-order valence-electron chi connectivity index (χ1n) is 20.9. The van der Waals surface area contributed by atoms with Gasteiger partial charge in [-0.1, -0.05) is 140 Å². The second-order valence-corrected chi connectivity index (χ2v) is 16.1. The summed E-state index contributed by atoms with van der Waals surface area (Å²) in [6.07, 6.45) is 0. The second kappa shape index (κ2) is 13.2. The number of rotatable bonds is 5. The van der Waals surface area contributed by atoms with Crippen LogP contribution in [0.2, 0.25) is 0 Å². The highest BCUT2D eigenvalue weighted by molar-refractivity contribution is 6.17. The van der Waals surface area contributed by atoms with Crippen LogP contribution < -0.4 is 4.90 Å². The fraction of sp³-hybridized carbons (Fsp3) is 0. The van der Waals surface area contributed by atoms with Gasteiger partial charge in [0, 0.05) is 33.2 Å². The smallest absolute Gasteiger partial charge is 0.137 e. The van der Waals surface area contributed by atoms with E-state index in [2.05, 4.69) is 228 Å². The summed E-state index contributed by atoms with van der Waals surface area (Å²) < 4.78 is 9.06. The number of hydrogen-bond acceptors (Lipinski definition) is 2. The van der Waals surface area contributed by atoms with Gasteiger partial charge in [-0.15, -0.1) is 0 Å². The van der Waals surface area contributed by atoms with E-state index in [1.807, 2.05) is 0 Å². The first-order chi connectivity index (χ1) is 30.2. The molecule has 0 bridgehead atoms. The van der Waals surface area contributed by atoms with Crippen molar-refractivity contribution in [2.75, 3.05) is 4.90 Å². The molecule has 61 heavy (non-hydrogen) atoms. The number of para-hydroxylation sites is 2. The average molecular weight is 777 g/mol. The van der Waals surface area contributed by atoms with E-state index in [9.17, 15) is 0 Å². The molecular formula is C58H36N2O. The largest absolute Gasteiger partial charge is 0.456 e. The minimum Gasteiger partial charge on any atom is -0.456 e. The van der Waals surface area contributed by atoms with Crippen molar-refractivity contribution in [3.63, 3.8) is 0 Å². The minimum absolute atomic E-state index is 0.856. The van der Waals surface area contributed by atoms with E-state index in [0.29, 0.717) is 0 Å². The fourth-order valence-corrected chi connectivity index (χ4v) is 9.89. The third-order valence-corrected chi connectivity index (χ3v) is 12.7. The van der Waals surface area contributed by atoms with E-state index < -0.39 is 0 Å². The van der Waals surface area contributed by atoms with Crippen LogP contribution in [0, 0.1) is 0 Å². The fourth-order valence-electron chi connectivity index (χ4n) is 9.89. The molecule has 0 N–H and O–H groups in total. The van der Waals surface area contributed by atoms with Crippen LogP contribution in [0.3, 0.4) is 0 Å². The molecule has 0 atom stereocenters. The van der Waals surface area contributed by atoms with Gasteiger partial charge in [0.2, 0.25) is 0 Å². The molecule has 0 saturated carbocycles. The van der Waals surface area contributed by atoms with Gasteiger partial charge >= 0.3 is 0 Å². The molecule has 2 heterocycles. The molecule has 11 aromatic carbocycles. The summed E-state index contributed by atoms with van der Waals surface area (Å²) in [5.74, 6) is 0. The molecule has 0 aliphatic carbocycles. The topological polar surface area (TPSA) is 21.3 Å². The Morgan fingerprint density at radius 1 is 0.328 bits per heavy atom. The van der Waals surface area contributed by atoms with E-state index in [0.717, 1.165) is 55.8 Å². The average Bonchev–Trinajstić information content (AvgIpc) is 3.87. The van der Waals surface area contributed by atoms with Crippen LogP contribution in [-0.2, 0) is 0 Å². The van der Waals surface area contributed by atoms with E-state index >= 15 is 0 Å². The monoisotopic (exact) mass is 776 g/mol. The van der Waals surface area contributed by atoms with Crippen LogP contribution in [0.25, 0.3) is 104 Å². The molecule has 0 fully saturated rings. The number of furan rings is 1. The lowest BCUT2D eigenvalue weighted by molar-refractivity contribution is 0.669. The lowest BCUT2D eigenvalue weighted by Crippen LogP contribution is -2.10. The Labute approximate surface area is 351 Å². The van der Waals surface area contributed by atoms with Crippen LogP contribution in [0.5, 0.6) is 0 Å². The molecule has 13 aromatic rings. The summed E-state index contributed by atoms with van der Waals surface area (Å²) in [7, 11) is 0. The van der Waals surface area contributed by atoms with Gasteiger partial charge in [-0.05, 0) is 133 Å². The zero-order valence-electron chi connectivity index (χ0n) is 33.1. The zero-order chi connectivity index (χ0) is 40.0. The molecule has 0 radical (unpaired) electrons. The van der Waals surface area contributed by atoms with Crippen LogP contribution >= 0.6 is 0 Å². The predicted molar refractivity (Wildman–Crippen MR) is 258 cm³/mol. The standard InChI is InChI=1S/C58H36N2O/c1-2-13-43(14-3-1)60-53-18-9-8-17-50(53)51-35-39(25-31-54(51)60)40-26-32-56-52(36-40)58-55(19-10-20-57(58)61-56)59(44-27-29-48-41(33-44)23-21-37-11-4-6-15-46(37)48)45-28-30-49-42(34-45)24-22-38-12-5-7-16-47(38)49/h1-36H. The zero-order valence-corrected chi connectivity index (χ0v) is 33.1. The van der Waals surface area contributed by atoms with Gasteiger partial charge in [0.25, 0.3) is 0 Å². The van der Waals surface area contributed by atoms with E-state index in [-0.39, 0.29) is 0 Å². The van der Waals surface area contributed by atoms with Gasteiger partial charge < -0.3 is 13.9 Å². The molecule has 0 spiro atoms. The van der Waals surface area contributed by atoms with E-state index in [4.69, 9.17) is 4.42 Å². The Kier molecular flexibility index (Phi) is 7.31. The summed E-state index contributed by atoms with van der Waals surface area (Å²) >= 11 is 0. The van der Waals surface area contributed by atoms with Gasteiger partial charge in [0.15, 0.2) is 0 Å². The van der Waals surface area contributed by atoms with E-state index in [1.54, 1.807) is 0 Å². The van der Waals surface area contributed by atoms with Crippen LogP contribution in [0.15, 0.2) is 223 Å². The molecule has 13 rings (SSSR count). The van der Waals surface area contributed by atoms with Crippen LogP contribution in [-0.4, -0.2) is 4.57 Å². The van der Waals surface area contributed by atoms with Crippen molar-refractivity contribution >= 4 is 104 Å². The second-order valence-electron chi connectivity index (χ2n) is 16.1. The SMILES string of the molecule is c1ccc(-n2c3ccccc3c3cc(-c4ccc5oc6cccc(N(c7ccc8c(ccc9ccccc98)c7)c7ccc8c(ccc9ccccc98)c7)c6c5c4)ccc32)cc1. The maximum Gasteiger partial charge on any atom is 0.137 e. The number of benzene rings is 11. The van der Waals surface area contributed by atoms with E-state index in [1.165, 1.54) is 64.9 Å². The van der Waals surface area contributed by atoms with Crippen molar-refractivity contribution in [2.45, 2.75) is 0 Å². The molecule has 0 unspecified atom stereocenters. The van der Waals surface area contributed by atoms with Crippen molar-refractivity contribution in [3.05, 3.63) is 218 Å². The van der Waals surface area contributed by atoms with Crippen LogP contribution in [0.4, 0.5) is 17.1 Å². The highest BCUT2D eigenvalue weighted by Crippen LogP contribution is 2.46. The molecule has 3 heteroatoms. The summed E-state index contributed by atoms with van der Waals surface area (Å²) in [5, 5.41) is 14.5. The molecule has 0 amide bonds. The third-order valence-electron chi connectivity index (χ3n) is 12.7. The molecule has 0 aliphatic heterocycles. The van der Waals surface area contributed by atoms with Crippen molar-refractivity contribution in [1.29, 1.82) is 0 Å². The normalized spacial score (nSPS) is 11.9. The summed E-state index contributed by atoms with van der Waals surface area (Å²) in [5.41, 5.74) is 10.8. The Hall–Kier alpha value is -8.14. The molecule has 284 valence electrons. The predicted octanol–water partition coefficient (Wildman–Crippen LogP) is 16.4. The Morgan fingerprint density at radius 2 is 0.885 bits per heavy atom. The van der Waals surface area contributed by atoms with Crippen molar-refractivity contribution in [2.24, 2.45) is 0 Å². The van der Waals surface area contributed by atoms with Gasteiger partial charge in [-0.25, -0.2) is 0 Å². The summed E-state index contributed by atoms with van der Waals surface area (Å²) in [6, 6.07) is 79.4. The Bertz CT molecular complexity index is 3770. The molecule has 3 nitrogen and oxygen atoms in total. The third kappa shape index (κ3) is 5.24. The van der Waals surface area contributed by atoms with Gasteiger partial charge in [-0.3, -0.25) is 0 Å².